The Morgan fingerprint density at radius 3 is 2.38 bits per heavy atom. The molecular weight excluding hydrogens is 468 g/mol. The number of carboxylic acid groups (broad SMARTS) is 1. The lowest BCUT2D eigenvalue weighted by Crippen LogP contribution is -2.53. The summed E-state index contributed by atoms with van der Waals surface area (Å²) < 4.78 is 25.0. The molecule has 0 saturated carbocycles. The van der Waals surface area contributed by atoms with E-state index in [4.69, 9.17) is 18.9 Å². The third-order valence-corrected chi connectivity index (χ3v) is 7.45. The third-order valence-electron chi connectivity index (χ3n) is 7.45. The molecule has 5 rings (SSSR count). The molecule has 37 heavy (non-hydrogen) atoms. The maximum atomic E-state index is 12.3. The summed E-state index contributed by atoms with van der Waals surface area (Å²) in [6.45, 7) is 8.43. The van der Waals surface area contributed by atoms with Crippen LogP contribution in [0, 0.1) is 11.8 Å². The van der Waals surface area contributed by atoms with Gasteiger partial charge in [-0.25, -0.2) is 0 Å². The number of benzene rings is 3. The largest absolute Gasteiger partial charge is 0.491 e. The molecule has 0 amide bonds. The minimum absolute atomic E-state index is 0.144. The highest BCUT2D eigenvalue weighted by atomic mass is 16.6. The summed E-state index contributed by atoms with van der Waals surface area (Å²) in [6.07, 6.45) is -0.522. The molecule has 1 saturated heterocycles. The highest BCUT2D eigenvalue weighted by Gasteiger charge is 2.52. The van der Waals surface area contributed by atoms with Gasteiger partial charge in [-0.15, -0.1) is 0 Å². The molecule has 2 aliphatic rings. The van der Waals surface area contributed by atoms with E-state index in [1.54, 1.807) is 0 Å². The number of hydrogen-bond acceptors (Lipinski definition) is 5. The average molecular weight is 503 g/mol. The second kappa shape index (κ2) is 10.1. The van der Waals surface area contributed by atoms with Crippen LogP contribution in [-0.4, -0.2) is 29.4 Å². The minimum atomic E-state index is -0.884. The quantitative estimate of drug-likeness (QED) is 0.375. The number of carboxylic acids is 1. The third kappa shape index (κ3) is 5.30. The van der Waals surface area contributed by atoms with E-state index in [2.05, 4.69) is 13.8 Å². The molecule has 2 aliphatic heterocycles. The van der Waals surface area contributed by atoms with E-state index in [9.17, 15) is 9.90 Å². The number of rotatable bonds is 7. The van der Waals surface area contributed by atoms with Crippen molar-refractivity contribution >= 4 is 5.97 Å². The van der Waals surface area contributed by atoms with Crippen molar-refractivity contribution in [2.45, 2.75) is 57.8 Å². The van der Waals surface area contributed by atoms with Crippen LogP contribution in [0.25, 0.3) is 0 Å². The molecule has 6 heteroatoms. The lowest BCUT2D eigenvalue weighted by Gasteiger charge is -2.50. The summed E-state index contributed by atoms with van der Waals surface area (Å²) in [5.41, 5.74) is 1.50. The zero-order chi connectivity index (χ0) is 26.2. The fraction of sp³-hybridized carbons (Fsp3) is 0.387. The first-order chi connectivity index (χ1) is 17.7. The molecule has 0 aliphatic carbocycles. The molecule has 0 bridgehead atoms. The first-order valence-electron chi connectivity index (χ1n) is 12.9. The molecule has 3 aromatic rings. The van der Waals surface area contributed by atoms with Gasteiger partial charge in [0.05, 0.1) is 12.0 Å². The van der Waals surface area contributed by atoms with Gasteiger partial charge in [0.2, 0.25) is 0 Å². The van der Waals surface area contributed by atoms with Crippen LogP contribution in [-0.2, 0) is 9.53 Å². The monoisotopic (exact) mass is 502 g/mol. The maximum absolute atomic E-state index is 12.3. The zero-order valence-corrected chi connectivity index (χ0v) is 21.7. The first kappa shape index (κ1) is 25.2. The number of hydrogen-bond donors (Lipinski definition) is 1. The van der Waals surface area contributed by atoms with Gasteiger partial charge in [0.1, 0.15) is 41.3 Å². The van der Waals surface area contributed by atoms with Crippen molar-refractivity contribution in [3.05, 3.63) is 83.9 Å². The molecule has 4 atom stereocenters. The van der Waals surface area contributed by atoms with E-state index in [-0.39, 0.29) is 18.6 Å². The van der Waals surface area contributed by atoms with E-state index in [1.165, 1.54) is 5.56 Å². The van der Waals surface area contributed by atoms with Crippen molar-refractivity contribution < 1.29 is 28.8 Å². The van der Waals surface area contributed by atoms with Gasteiger partial charge in [0.25, 0.3) is 0 Å². The van der Waals surface area contributed by atoms with Crippen molar-refractivity contribution in [1.29, 1.82) is 0 Å². The predicted octanol–water partition coefficient (Wildman–Crippen LogP) is 7.00. The van der Waals surface area contributed by atoms with Crippen LogP contribution < -0.4 is 14.2 Å². The Hall–Kier alpha value is -3.51. The smallest absolute Gasteiger partial charge is 0.309 e. The van der Waals surface area contributed by atoms with Gasteiger partial charge in [0.15, 0.2) is 0 Å². The van der Waals surface area contributed by atoms with Crippen molar-refractivity contribution in [2.24, 2.45) is 11.8 Å². The predicted molar refractivity (Wildman–Crippen MR) is 141 cm³/mol. The Balaban J connectivity index is 1.40. The van der Waals surface area contributed by atoms with Crippen molar-refractivity contribution in [1.82, 2.24) is 0 Å². The number of para-hydroxylation sites is 1. The summed E-state index contributed by atoms with van der Waals surface area (Å²) in [6, 6.07) is 23.2. The normalized spacial score (nSPS) is 23.9. The molecule has 0 spiro atoms. The molecular formula is C31H34O6. The Morgan fingerprint density at radius 1 is 1.00 bits per heavy atom. The van der Waals surface area contributed by atoms with Crippen LogP contribution in [0.15, 0.2) is 72.8 Å². The van der Waals surface area contributed by atoms with Crippen molar-refractivity contribution in [3.8, 4) is 23.0 Å². The molecule has 0 unspecified atom stereocenters. The Morgan fingerprint density at radius 2 is 1.70 bits per heavy atom. The van der Waals surface area contributed by atoms with E-state index >= 15 is 0 Å². The number of ether oxygens (including phenoxy) is 4. The minimum Gasteiger partial charge on any atom is -0.491 e. The summed E-state index contributed by atoms with van der Waals surface area (Å²) in [5, 5.41) is 10.1. The summed E-state index contributed by atoms with van der Waals surface area (Å²) in [5.74, 6) is 1.53. The highest BCUT2D eigenvalue weighted by Crippen LogP contribution is 2.52. The van der Waals surface area contributed by atoms with Gasteiger partial charge in [-0.3, -0.25) is 4.79 Å². The van der Waals surface area contributed by atoms with Gasteiger partial charge in [-0.1, -0.05) is 44.2 Å². The summed E-state index contributed by atoms with van der Waals surface area (Å²) in [7, 11) is 0. The molecule has 1 fully saturated rings. The maximum Gasteiger partial charge on any atom is 0.309 e. The van der Waals surface area contributed by atoms with E-state index in [0.717, 1.165) is 17.1 Å². The molecule has 2 heterocycles. The van der Waals surface area contributed by atoms with Crippen LogP contribution in [0.3, 0.4) is 0 Å². The van der Waals surface area contributed by atoms with Crippen LogP contribution >= 0.6 is 0 Å². The molecule has 0 aromatic heterocycles. The lowest BCUT2D eigenvalue weighted by molar-refractivity contribution is -0.192. The molecule has 3 aromatic carbocycles. The SMILES string of the molecule is CC(C)c1ccc(OC[C@@H]2O[C@@H]3c4cc(Oc5ccccc5)ccc4OC(C)(C)[C@H]3C[C@@H]2C(=O)O)cc1. The van der Waals surface area contributed by atoms with Gasteiger partial charge in [0, 0.05) is 11.5 Å². The van der Waals surface area contributed by atoms with Crippen LogP contribution in [0.1, 0.15) is 57.3 Å². The van der Waals surface area contributed by atoms with Gasteiger partial charge >= 0.3 is 5.97 Å². The van der Waals surface area contributed by atoms with Crippen LogP contribution in [0.5, 0.6) is 23.0 Å². The zero-order valence-electron chi connectivity index (χ0n) is 21.7. The number of fused-ring (bicyclic) bond motifs is 3. The Kier molecular flexibility index (Phi) is 6.86. The molecule has 194 valence electrons. The molecule has 1 N–H and O–H groups in total. The highest BCUT2D eigenvalue weighted by molar-refractivity contribution is 5.71. The molecule has 0 radical (unpaired) electrons. The second-order valence-electron chi connectivity index (χ2n) is 10.7. The fourth-order valence-electron chi connectivity index (χ4n) is 5.30. The topological polar surface area (TPSA) is 74.2 Å². The average Bonchev–Trinajstić information content (AvgIpc) is 2.88. The summed E-state index contributed by atoms with van der Waals surface area (Å²) in [4.78, 5) is 12.3. The number of aliphatic carboxylic acids is 1. The second-order valence-corrected chi connectivity index (χ2v) is 10.7. The van der Waals surface area contributed by atoms with Crippen molar-refractivity contribution in [2.75, 3.05) is 6.61 Å². The standard InChI is InChI=1S/C31H34O6/c1-19(2)20-10-12-21(13-11-20)34-18-28-25(30(32)33)17-26-29(36-28)24-16-23(35-22-8-6-5-7-9-22)14-15-27(24)37-31(26,3)4/h5-16,19,25-26,28-29H,17-18H2,1-4H3,(H,32,33)/t25-,26-,28-,29+/m0/s1. The fourth-order valence-corrected chi connectivity index (χ4v) is 5.30. The Labute approximate surface area is 218 Å². The van der Waals surface area contributed by atoms with E-state index < -0.39 is 23.6 Å². The Bertz CT molecular complexity index is 1230. The van der Waals surface area contributed by atoms with Crippen LogP contribution in [0.2, 0.25) is 0 Å². The molecule has 6 nitrogen and oxygen atoms in total. The van der Waals surface area contributed by atoms with Crippen molar-refractivity contribution in [3.63, 3.8) is 0 Å². The lowest BCUT2D eigenvalue weighted by atomic mass is 9.72. The summed E-state index contributed by atoms with van der Waals surface area (Å²) >= 11 is 0. The van der Waals surface area contributed by atoms with Gasteiger partial charge in [-0.05, 0) is 74.2 Å². The first-order valence-corrected chi connectivity index (χ1v) is 12.9. The van der Waals surface area contributed by atoms with E-state index in [1.807, 2.05) is 86.6 Å². The number of carbonyl (C=O) groups is 1. The van der Waals surface area contributed by atoms with Gasteiger partial charge < -0.3 is 24.1 Å². The van der Waals surface area contributed by atoms with Gasteiger partial charge in [-0.2, -0.15) is 0 Å². The van der Waals surface area contributed by atoms with E-state index in [0.29, 0.717) is 23.8 Å². The van der Waals surface area contributed by atoms with Crippen LogP contribution in [0.4, 0.5) is 0 Å².